The Bertz CT molecular complexity index is 409. The van der Waals surface area contributed by atoms with E-state index >= 15 is 0 Å². The fourth-order valence-corrected chi connectivity index (χ4v) is 1.68. The first-order chi connectivity index (χ1) is 7.76. The maximum Gasteiger partial charge on any atom is 0.231 e. The van der Waals surface area contributed by atoms with Gasteiger partial charge in [-0.05, 0) is 24.1 Å². The predicted octanol–water partition coefficient (Wildman–Crippen LogP) is 2.42. The minimum absolute atomic E-state index is 0. The van der Waals surface area contributed by atoms with E-state index in [1.54, 1.807) is 13.2 Å². The van der Waals surface area contributed by atoms with Crippen molar-refractivity contribution >= 4 is 12.4 Å². The van der Waals surface area contributed by atoms with Crippen LogP contribution in [-0.2, 0) is 0 Å². The van der Waals surface area contributed by atoms with Crippen LogP contribution < -0.4 is 19.9 Å². The third-order valence-electron chi connectivity index (χ3n) is 2.53. The zero-order valence-corrected chi connectivity index (χ0v) is 10.5. The van der Waals surface area contributed by atoms with Gasteiger partial charge in [-0.15, -0.1) is 19.0 Å². The van der Waals surface area contributed by atoms with Gasteiger partial charge in [0.15, 0.2) is 11.5 Å². The molecular formula is C12H16ClNO3. The van der Waals surface area contributed by atoms with Crippen LogP contribution in [0.4, 0.5) is 0 Å². The van der Waals surface area contributed by atoms with Gasteiger partial charge < -0.3 is 19.9 Å². The van der Waals surface area contributed by atoms with Crippen LogP contribution in [0.3, 0.4) is 0 Å². The van der Waals surface area contributed by atoms with Crippen LogP contribution in [0, 0.1) is 0 Å². The largest absolute Gasteiger partial charge is 0.493 e. The lowest BCUT2D eigenvalue weighted by molar-refractivity contribution is 0.171. The minimum Gasteiger partial charge on any atom is -0.493 e. The summed E-state index contributed by atoms with van der Waals surface area (Å²) in [6.07, 6.45) is 2.50. The van der Waals surface area contributed by atoms with Crippen molar-refractivity contribution in [3.8, 4) is 17.2 Å². The number of halogens is 1. The van der Waals surface area contributed by atoms with E-state index in [2.05, 4.69) is 6.58 Å². The van der Waals surface area contributed by atoms with Gasteiger partial charge in [-0.1, -0.05) is 6.08 Å². The molecule has 1 aromatic carbocycles. The molecule has 94 valence electrons. The van der Waals surface area contributed by atoms with Crippen LogP contribution in [-0.4, -0.2) is 13.9 Å². The number of hydrogen-bond donors (Lipinski definition) is 1. The Labute approximate surface area is 107 Å². The van der Waals surface area contributed by atoms with Crippen LogP contribution >= 0.6 is 12.4 Å². The van der Waals surface area contributed by atoms with E-state index in [-0.39, 0.29) is 25.2 Å². The van der Waals surface area contributed by atoms with Crippen molar-refractivity contribution in [2.24, 2.45) is 5.73 Å². The Kier molecular flexibility index (Phi) is 4.66. The highest BCUT2D eigenvalue weighted by Crippen LogP contribution is 2.42. The fourth-order valence-electron chi connectivity index (χ4n) is 1.68. The monoisotopic (exact) mass is 257 g/mol. The molecule has 0 aliphatic carbocycles. The quantitative estimate of drug-likeness (QED) is 0.842. The lowest BCUT2D eigenvalue weighted by Gasteiger charge is -2.12. The zero-order chi connectivity index (χ0) is 11.5. The number of hydrogen-bond acceptors (Lipinski definition) is 4. The molecule has 1 aliphatic rings. The van der Waals surface area contributed by atoms with E-state index in [9.17, 15) is 0 Å². The van der Waals surface area contributed by atoms with Crippen molar-refractivity contribution in [2.45, 2.75) is 12.5 Å². The summed E-state index contributed by atoms with van der Waals surface area (Å²) in [5.41, 5.74) is 6.96. The number of nitrogens with two attached hydrogens (primary N) is 1. The molecule has 0 fully saturated rings. The maximum absolute atomic E-state index is 6.00. The number of ether oxygens (including phenoxy) is 3. The third kappa shape index (κ3) is 2.65. The van der Waals surface area contributed by atoms with Gasteiger partial charge >= 0.3 is 0 Å². The average Bonchev–Trinajstić information content (AvgIpc) is 2.75. The average molecular weight is 258 g/mol. The van der Waals surface area contributed by atoms with E-state index in [0.717, 1.165) is 5.56 Å². The molecule has 2 rings (SSSR count). The second kappa shape index (κ2) is 5.80. The molecule has 4 nitrogen and oxygen atoms in total. The van der Waals surface area contributed by atoms with Crippen molar-refractivity contribution in [1.82, 2.24) is 0 Å². The molecule has 1 atom stereocenters. The molecule has 0 spiro atoms. The molecule has 0 radical (unpaired) electrons. The van der Waals surface area contributed by atoms with Gasteiger partial charge in [0.05, 0.1) is 7.11 Å². The molecule has 1 aliphatic heterocycles. The van der Waals surface area contributed by atoms with Gasteiger partial charge in [0.1, 0.15) is 0 Å². The van der Waals surface area contributed by atoms with E-state index in [1.807, 2.05) is 12.1 Å². The van der Waals surface area contributed by atoms with Gasteiger partial charge in [-0.25, -0.2) is 0 Å². The minimum atomic E-state index is -0.0964. The van der Waals surface area contributed by atoms with E-state index in [4.69, 9.17) is 19.9 Å². The molecule has 0 bridgehead atoms. The lowest BCUT2D eigenvalue weighted by Crippen LogP contribution is -2.09. The first kappa shape index (κ1) is 13.7. The normalized spacial score (nSPS) is 13.8. The van der Waals surface area contributed by atoms with Gasteiger partial charge in [0.25, 0.3) is 0 Å². The van der Waals surface area contributed by atoms with Crippen molar-refractivity contribution in [1.29, 1.82) is 0 Å². The van der Waals surface area contributed by atoms with Crippen LogP contribution in [0.25, 0.3) is 0 Å². The second-order valence-corrected chi connectivity index (χ2v) is 3.59. The molecular weight excluding hydrogens is 242 g/mol. The van der Waals surface area contributed by atoms with Crippen molar-refractivity contribution < 1.29 is 14.2 Å². The Balaban J connectivity index is 0.00000144. The van der Waals surface area contributed by atoms with Crippen LogP contribution in [0.1, 0.15) is 18.0 Å². The Hall–Kier alpha value is -1.39. The van der Waals surface area contributed by atoms with Crippen LogP contribution in [0.15, 0.2) is 24.8 Å². The molecule has 1 aromatic rings. The highest BCUT2D eigenvalue weighted by Gasteiger charge is 2.21. The molecule has 0 aromatic heterocycles. The SMILES string of the molecule is C=CC[C@H](N)c1cc(OC)c2c(c1)OCO2.Cl. The summed E-state index contributed by atoms with van der Waals surface area (Å²) in [6.45, 7) is 3.90. The molecule has 5 heteroatoms. The van der Waals surface area contributed by atoms with Gasteiger partial charge in [0, 0.05) is 6.04 Å². The summed E-state index contributed by atoms with van der Waals surface area (Å²) in [4.78, 5) is 0. The zero-order valence-electron chi connectivity index (χ0n) is 9.64. The smallest absolute Gasteiger partial charge is 0.231 e. The molecule has 1 heterocycles. The summed E-state index contributed by atoms with van der Waals surface area (Å²) in [5.74, 6) is 2.00. The summed E-state index contributed by atoms with van der Waals surface area (Å²) < 4.78 is 15.9. The maximum atomic E-state index is 6.00. The van der Waals surface area contributed by atoms with E-state index < -0.39 is 0 Å². The molecule has 2 N–H and O–H groups in total. The van der Waals surface area contributed by atoms with Gasteiger partial charge in [-0.3, -0.25) is 0 Å². The molecule has 0 saturated carbocycles. The highest BCUT2D eigenvalue weighted by molar-refractivity contribution is 5.85. The molecule has 0 saturated heterocycles. The summed E-state index contributed by atoms with van der Waals surface area (Å²) in [5, 5.41) is 0. The molecule has 17 heavy (non-hydrogen) atoms. The van der Waals surface area contributed by atoms with Crippen LogP contribution in [0.5, 0.6) is 17.2 Å². The topological polar surface area (TPSA) is 53.7 Å². The first-order valence-electron chi connectivity index (χ1n) is 5.10. The standard InChI is InChI=1S/C12H15NO3.ClH/c1-3-4-9(13)8-5-10(14-2)12-11(6-8)15-7-16-12;/h3,5-6,9H,1,4,7,13H2,2H3;1H/t9-;/m0./s1. The van der Waals surface area contributed by atoms with Crippen molar-refractivity contribution in [2.75, 3.05) is 13.9 Å². The molecule has 0 unspecified atom stereocenters. The number of methoxy groups -OCH3 is 1. The van der Waals surface area contributed by atoms with Gasteiger partial charge in [-0.2, -0.15) is 0 Å². The van der Waals surface area contributed by atoms with Crippen LogP contribution in [0.2, 0.25) is 0 Å². The Morgan fingerprint density at radius 3 is 2.94 bits per heavy atom. The van der Waals surface area contributed by atoms with E-state index in [1.165, 1.54) is 0 Å². The first-order valence-corrected chi connectivity index (χ1v) is 5.10. The fraction of sp³-hybridized carbons (Fsp3) is 0.333. The predicted molar refractivity (Wildman–Crippen MR) is 68.1 cm³/mol. The third-order valence-corrected chi connectivity index (χ3v) is 2.53. The lowest BCUT2D eigenvalue weighted by atomic mass is 10.0. The number of rotatable bonds is 4. The summed E-state index contributed by atoms with van der Waals surface area (Å²) in [7, 11) is 1.60. The molecule has 0 amide bonds. The van der Waals surface area contributed by atoms with E-state index in [0.29, 0.717) is 23.7 Å². The second-order valence-electron chi connectivity index (χ2n) is 3.59. The Morgan fingerprint density at radius 2 is 2.29 bits per heavy atom. The number of benzene rings is 1. The Morgan fingerprint density at radius 1 is 1.53 bits per heavy atom. The van der Waals surface area contributed by atoms with Crippen molar-refractivity contribution in [3.05, 3.63) is 30.4 Å². The summed E-state index contributed by atoms with van der Waals surface area (Å²) >= 11 is 0. The van der Waals surface area contributed by atoms with Crippen molar-refractivity contribution in [3.63, 3.8) is 0 Å². The number of fused-ring (bicyclic) bond motifs is 1. The highest BCUT2D eigenvalue weighted by atomic mass is 35.5. The summed E-state index contributed by atoms with van der Waals surface area (Å²) in [6, 6.07) is 3.67. The van der Waals surface area contributed by atoms with Gasteiger partial charge in [0.2, 0.25) is 12.5 Å².